The molecule has 1 aliphatic rings. The Bertz CT molecular complexity index is 805. The molecule has 1 aromatic carbocycles. The molecule has 3 rings (SSSR count). The Morgan fingerprint density at radius 2 is 2.00 bits per heavy atom. The summed E-state index contributed by atoms with van der Waals surface area (Å²) in [4.78, 5) is 18.0. The number of aryl methyl sites for hydroxylation is 2. The molecule has 1 atom stereocenters. The molecule has 8 heteroatoms. The van der Waals surface area contributed by atoms with E-state index in [1.54, 1.807) is 0 Å². The van der Waals surface area contributed by atoms with Crippen molar-refractivity contribution in [3.05, 3.63) is 23.3 Å². The lowest BCUT2D eigenvalue weighted by molar-refractivity contribution is -0.117. The number of fused-ring (bicyclic) bond motifs is 1. The summed E-state index contributed by atoms with van der Waals surface area (Å²) in [5, 5.41) is -0.323. The first kappa shape index (κ1) is 14.7. The number of nitrogens with zero attached hydrogens (tertiary/aromatic N) is 2. The van der Waals surface area contributed by atoms with Crippen LogP contribution in [0.25, 0.3) is 10.2 Å². The van der Waals surface area contributed by atoms with Gasteiger partial charge >= 0.3 is 0 Å². The van der Waals surface area contributed by atoms with E-state index < -0.39 is 14.3 Å². The van der Waals surface area contributed by atoms with Gasteiger partial charge in [-0.15, -0.1) is 0 Å². The molecule has 112 valence electrons. The summed E-state index contributed by atoms with van der Waals surface area (Å²) in [6, 6.07) is 4.00. The Morgan fingerprint density at radius 3 is 2.57 bits per heavy atom. The van der Waals surface area contributed by atoms with Gasteiger partial charge in [0.15, 0.2) is 5.13 Å². The third kappa shape index (κ3) is 2.54. The van der Waals surface area contributed by atoms with E-state index in [-0.39, 0.29) is 18.9 Å². The van der Waals surface area contributed by atoms with Gasteiger partial charge in [-0.1, -0.05) is 23.5 Å². The van der Waals surface area contributed by atoms with Gasteiger partial charge in [0, 0.05) is 23.6 Å². The van der Waals surface area contributed by atoms with Crippen molar-refractivity contribution in [1.82, 2.24) is 4.98 Å². The average molecular weight is 345 g/mol. The number of aromatic nitrogens is 1. The zero-order chi connectivity index (χ0) is 15.4. The van der Waals surface area contributed by atoms with Gasteiger partial charge in [-0.2, -0.15) is 0 Å². The lowest BCUT2D eigenvalue weighted by Crippen LogP contribution is -2.26. The maximum atomic E-state index is 12.0. The second-order valence-corrected chi connectivity index (χ2v) is 9.07. The normalized spacial score (nSPS) is 19.7. The fraction of sp³-hybridized carbons (Fsp3) is 0.385. The van der Waals surface area contributed by atoms with Crippen molar-refractivity contribution in [2.75, 3.05) is 11.4 Å². The number of hydrogen-bond donors (Lipinski definition) is 0. The quantitative estimate of drug-likeness (QED) is 0.785. The fourth-order valence-electron chi connectivity index (χ4n) is 2.41. The predicted octanol–water partition coefficient (Wildman–Crippen LogP) is 2.59. The minimum absolute atomic E-state index is 0.0720. The van der Waals surface area contributed by atoms with Crippen LogP contribution in [-0.2, 0) is 13.8 Å². The largest absolute Gasteiger partial charge is 0.287 e. The molecule has 0 aliphatic carbocycles. The van der Waals surface area contributed by atoms with Crippen molar-refractivity contribution in [3.8, 4) is 0 Å². The van der Waals surface area contributed by atoms with Gasteiger partial charge < -0.3 is 0 Å². The monoisotopic (exact) mass is 344 g/mol. The SMILES string of the molecule is Cc1ccc(C)c2sc(N3CC(S(=O)(=O)Cl)CC3=O)nc12. The molecular weight excluding hydrogens is 332 g/mol. The molecule has 1 aromatic heterocycles. The molecule has 1 saturated heterocycles. The van der Waals surface area contributed by atoms with Crippen molar-refractivity contribution in [2.24, 2.45) is 0 Å². The van der Waals surface area contributed by atoms with Crippen LogP contribution in [-0.4, -0.2) is 31.1 Å². The second kappa shape index (κ2) is 4.93. The van der Waals surface area contributed by atoms with E-state index in [9.17, 15) is 13.2 Å². The first-order chi connectivity index (χ1) is 9.77. The molecular formula is C13H13ClN2O3S2. The number of rotatable bonds is 2. The van der Waals surface area contributed by atoms with Gasteiger partial charge in [0.05, 0.1) is 10.2 Å². The minimum Gasteiger partial charge on any atom is -0.287 e. The van der Waals surface area contributed by atoms with Crippen LogP contribution < -0.4 is 4.90 Å². The van der Waals surface area contributed by atoms with E-state index in [1.165, 1.54) is 16.2 Å². The summed E-state index contributed by atoms with van der Waals surface area (Å²) in [7, 11) is 1.63. The highest BCUT2D eigenvalue weighted by molar-refractivity contribution is 8.14. The molecule has 1 unspecified atom stereocenters. The molecule has 0 bridgehead atoms. The Labute approximate surface area is 131 Å². The summed E-state index contributed by atoms with van der Waals surface area (Å²) in [6.07, 6.45) is -0.0836. The molecule has 1 amide bonds. The fourth-order valence-corrected chi connectivity index (χ4v) is 4.58. The Kier molecular flexibility index (Phi) is 3.46. The van der Waals surface area contributed by atoms with Crippen molar-refractivity contribution in [3.63, 3.8) is 0 Å². The van der Waals surface area contributed by atoms with Crippen LogP contribution in [0.4, 0.5) is 5.13 Å². The molecule has 0 saturated carbocycles. The second-order valence-electron chi connectivity index (χ2n) is 5.18. The van der Waals surface area contributed by atoms with Gasteiger partial charge in [-0.3, -0.25) is 9.69 Å². The topological polar surface area (TPSA) is 67.3 Å². The van der Waals surface area contributed by atoms with Crippen molar-refractivity contribution in [2.45, 2.75) is 25.5 Å². The number of thiazole rings is 1. The van der Waals surface area contributed by atoms with Gasteiger partial charge in [-0.25, -0.2) is 13.4 Å². The lowest BCUT2D eigenvalue weighted by atomic mass is 10.1. The third-order valence-corrected chi connectivity index (χ3v) is 6.73. The van der Waals surface area contributed by atoms with Crippen LogP contribution in [0.2, 0.25) is 0 Å². The predicted molar refractivity (Wildman–Crippen MR) is 84.6 cm³/mol. The van der Waals surface area contributed by atoms with Crippen LogP contribution in [0, 0.1) is 13.8 Å². The Hall–Kier alpha value is -1.18. The van der Waals surface area contributed by atoms with Crippen LogP contribution in [0.15, 0.2) is 12.1 Å². The highest BCUT2D eigenvalue weighted by atomic mass is 35.7. The number of benzene rings is 1. The number of carbonyl (C=O) groups is 1. The van der Waals surface area contributed by atoms with E-state index in [0.29, 0.717) is 5.13 Å². The molecule has 2 heterocycles. The van der Waals surface area contributed by atoms with E-state index in [1.807, 2.05) is 26.0 Å². The molecule has 0 spiro atoms. The maximum Gasteiger partial charge on any atom is 0.237 e. The van der Waals surface area contributed by atoms with Crippen LogP contribution in [0.1, 0.15) is 17.5 Å². The first-order valence-electron chi connectivity index (χ1n) is 6.38. The van der Waals surface area contributed by atoms with Crippen LogP contribution >= 0.6 is 22.0 Å². The molecule has 0 N–H and O–H groups in total. The van der Waals surface area contributed by atoms with Crippen LogP contribution in [0.5, 0.6) is 0 Å². The molecule has 21 heavy (non-hydrogen) atoms. The van der Waals surface area contributed by atoms with Crippen LogP contribution in [0.3, 0.4) is 0 Å². The lowest BCUT2D eigenvalue weighted by Gasteiger charge is -2.11. The number of carbonyl (C=O) groups excluding carboxylic acids is 1. The zero-order valence-corrected chi connectivity index (χ0v) is 13.8. The molecule has 0 radical (unpaired) electrons. The summed E-state index contributed by atoms with van der Waals surface area (Å²) in [6.45, 7) is 4.02. The summed E-state index contributed by atoms with van der Waals surface area (Å²) in [5.74, 6) is -0.251. The summed E-state index contributed by atoms with van der Waals surface area (Å²) >= 11 is 1.41. The van der Waals surface area contributed by atoms with Gasteiger partial charge in [0.2, 0.25) is 15.0 Å². The average Bonchev–Trinajstić information content (AvgIpc) is 2.97. The van der Waals surface area contributed by atoms with E-state index in [0.717, 1.165) is 21.3 Å². The Balaban J connectivity index is 2.04. The highest BCUT2D eigenvalue weighted by Gasteiger charge is 2.39. The Morgan fingerprint density at radius 1 is 1.33 bits per heavy atom. The van der Waals surface area contributed by atoms with E-state index in [4.69, 9.17) is 10.7 Å². The highest BCUT2D eigenvalue weighted by Crippen LogP contribution is 2.35. The van der Waals surface area contributed by atoms with Gasteiger partial charge in [0.25, 0.3) is 0 Å². The smallest absolute Gasteiger partial charge is 0.237 e. The van der Waals surface area contributed by atoms with Crippen molar-refractivity contribution >= 4 is 52.3 Å². The summed E-state index contributed by atoms with van der Waals surface area (Å²) in [5.41, 5.74) is 2.98. The molecule has 1 aliphatic heterocycles. The molecule has 1 fully saturated rings. The first-order valence-corrected chi connectivity index (χ1v) is 9.57. The van der Waals surface area contributed by atoms with E-state index >= 15 is 0 Å². The molecule has 2 aromatic rings. The van der Waals surface area contributed by atoms with Crippen molar-refractivity contribution in [1.29, 1.82) is 0 Å². The standard InChI is InChI=1S/C13H13ClN2O3S2/c1-7-3-4-8(2)12-11(7)15-13(20-12)16-6-9(5-10(16)17)21(14,18)19/h3-4,9H,5-6H2,1-2H3. The number of halogens is 1. The number of anilines is 1. The summed E-state index contributed by atoms with van der Waals surface area (Å²) < 4.78 is 23.8. The molecule has 5 nitrogen and oxygen atoms in total. The zero-order valence-electron chi connectivity index (χ0n) is 11.5. The number of amides is 1. The van der Waals surface area contributed by atoms with Crippen molar-refractivity contribution < 1.29 is 13.2 Å². The number of hydrogen-bond acceptors (Lipinski definition) is 5. The third-order valence-electron chi connectivity index (χ3n) is 3.65. The van der Waals surface area contributed by atoms with E-state index in [2.05, 4.69) is 4.98 Å². The van der Waals surface area contributed by atoms with Gasteiger partial charge in [0.1, 0.15) is 5.25 Å². The maximum absolute atomic E-state index is 12.0. The minimum atomic E-state index is -3.74. The van der Waals surface area contributed by atoms with Gasteiger partial charge in [-0.05, 0) is 25.0 Å².